The summed E-state index contributed by atoms with van der Waals surface area (Å²) in [5, 5.41) is 2.88. The molecule has 2 rings (SSSR count). The Morgan fingerprint density at radius 2 is 2.37 bits per heavy atom. The van der Waals surface area contributed by atoms with Gasteiger partial charge in [-0.3, -0.25) is 4.79 Å². The number of anilines is 2. The number of rotatable bonds is 5. The number of amides is 1. The molecule has 0 aliphatic heterocycles. The van der Waals surface area contributed by atoms with Gasteiger partial charge in [-0.25, -0.2) is 4.98 Å². The van der Waals surface area contributed by atoms with Gasteiger partial charge in [-0.2, -0.15) is 4.37 Å². The summed E-state index contributed by atoms with van der Waals surface area (Å²) in [5.41, 5.74) is 8.13. The molecule has 0 atom stereocenters. The molecule has 2 aromatic rings. The number of nitrogens with two attached hydrogens (primary N) is 1. The molecule has 0 radical (unpaired) electrons. The van der Waals surface area contributed by atoms with Crippen molar-refractivity contribution in [1.82, 2.24) is 9.36 Å². The van der Waals surface area contributed by atoms with Gasteiger partial charge in [0.2, 0.25) is 5.91 Å². The lowest BCUT2D eigenvalue weighted by Crippen LogP contribution is -2.13. The number of benzene rings is 1. The molecule has 0 fully saturated rings. The van der Waals surface area contributed by atoms with Crippen LogP contribution in [0.1, 0.15) is 12.0 Å². The Morgan fingerprint density at radius 3 is 3.05 bits per heavy atom. The Morgan fingerprint density at radius 1 is 1.53 bits per heavy atom. The number of hydrogen-bond donors (Lipinski definition) is 2. The van der Waals surface area contributed by atoms with Gasteiger partial charge in [0.25, 0.3) is 0 Å². The van der Waals surface area contributed by atoms with Gasteiger partial charge in [-0.1, -0.05) is 11.8 Å². The zero-order chi connectivity index (χ0) is 13.7. The van der Waals surface area contributed by atoms with Crippen molar-refractivity contribution in [2.75, 3.05) is 16.8 Å². The molecule has 19 heavy (non-hydrogen) atoms. The van der Waals surface area contributed by atoms with E-state index >= 15 is 0 Å². The topological polar surface area (TPSA) is 80.9 Å². The minimum Gasteiger partial charge on any atom is -0.399 e. The normalized spacial score (nSPS) is 10.4. The molecule has 0 spiro atoms. The van der Waals surface area contributed by atoms with Gasteiger partial charge >= 0.3 is 0 Å². The van der Waals surface area contributed by atoms with Crippen LogP contribution in [-0.2, 0) is 4.79 Å². The fourth-order valence-electron chi connectivity index (χ4n) is 1.50. The van der Waals surface area contributed by atoms with E-state index < -0.39 is 0 Å². The predicted octanol–water partition coefficient (Wildman–Crippen LogP) is 2.55. The summed E-state index contributed by atoms with van der Waals surface area (Å²) in [6.07, 6.45) is 1.96. The zero-order valence-corrected chi connectivity index (χ0v) is 12.1. The highest BCUT2D eigenvalue weighted by molar-refractivity contribution is 8.00. The molecule has 7 heteroatoms. The lowest BCUT2D eigenvalue weighted by Gasteiger charge is -2.08. The summed E-state index contributed by atoms with van der Waals surface area (Å²) in [4.78, 5) is 15.8. The van der Waals surface area contributed by atoms with Gasteiger partial charge in [-0.15, -0.1) is 0 Å². The lowest BCUT2D eigenvalue weighted by atomic mass is 10.2. The van der Waals surface area contributed by atoms with Gasteiger partial charge < -0.3 is 11.1 Å². The fraction of sp³-hybridized carbons (Fsp3) is 0.250. The van der Waals surface area contributed by atoms with E-state index in [1.165, 1.54) is 29.6 Å². The maximum absolute atomic E-state index is 11.8. The molecular formula is C12H14N4OS2. The zero-order valence-electron chi connectivity index (χ0n) is 10.4. The Balaban J connectivity index is 1.80. The largest absolute Gasteiger partial charge is 0.399 e. The second kappa shape index (κ2) is 6.53. The summed E-state index contributed by atoms with van der Waals surface area (Å²) >= 11 is 2.88. The second-order valence-electron chi connectivity index (χ2n) is 3.93. The van der Waals surface area contributed by atoms with E-state index in [1.54, 1.807) is 6.07 Å². The monoisotopic (exact) mass is 294 g/mol. The summed E-state index contributed by atoms with van der Waals surface area (Å²) in [6.45, 7) is 1.92. The SMILES string of the molecule is Cc1cc(N)ccc1NC(=O)CCSc1ncns1. The molecule has 5 nitrogen and oxygen atoms in total. The Kier molecular flexibility index (Phi) is 4.75. The highest BCUT2D eigenvalue weighted by Crippen LogP contribution is 2.20. The van der Waals surface area contributed by atoms with Gasteiger partial charge in [0.05, 0.1) is 0 Å². The van der Waals surface area contributed by atoms with E-state index in [-0.39, 0.29) is 5.91 Å². The molecule has 1 aromatic carbocycles. The van der Waals surface area contributed by atoms with Gasteiger partial charge in [-0.05, 0) is 42.2 Å². The fourth-order valence-corrected chi connectivity index (χ4v) is 2.95. The maximum Gasteiger partial charge on any atom is 0.225 e. The van der Waals surface area contributed by atoms with Crippen molar-refractivity contribution in [2.45, 2.75) is 17.7 Å². The van der Waals surface area contributed by atoms with E-state index in [9.17, 15) is 4.79 Å². The number of hydrogen-bond acceptors (Lipinski definition) is 6. The number of nitrogen functional groups attached to an aromatic ring is 1. The molecule has 3 N–H and O–H groups in total. The molecule has 0 aliphatic carbocycles. The van der Waals surface area contributed by atoms with Crippen LogP contribution >= 0.6 is 23.3 Å². The first-order chi connectivity index (χ1) is 9.15. The molecule has 100 valence electrons. The van der Waals surface area contributed by atoms with E-state index in [0.29, 0.717) is 17.9 Å². The number of nitrogens with zero attached hydrogens (tertiary/aromatic N) is 2. The van der Waals surface area contributed by atoms with E-state index in [2.05, 4.69) is 14.7 Å². The van der Waals surface area contributed by atoms with Crippen LogP contribution in [0.5, 0.6) is 0 Å². The van der Waals surface area contributed by atoms with Crippen LogP contribution < -0.4 is 11.1 Å². The maximum atomic E-state index is 11.8. The highest BCUT2D eigenvalue weighted by atomic mass is 32.2. The number of thioether (sulfide) groups is 1. The molecule has 0 aliphatic rings. The molecule has 0 saturated heterocycles. The molecular weight excluding hydrogens is 280 g/mol. The van der Waals surface area contributed by atoms with E-state index in [4.69, 9.17) is 5.73 Å². The quantitative estimate of drug-likeness (QED) is 0.654. The van der Waals surface area contributed by atoms with Crippen LogP contribution in [-0.4, -0.2) is 21.0 Å². The second-order valence-corrected chi connectivity index (χ2v) is 6.05. The predicted molar refractivity (Wildman–Crippen MR) is 79.5 cm³/mol. The molecule has 1 heterocycles. The lowest BCUT2D eigenvalue weighted by molar-refractivity contribution is -0.115. The highest BCUT2D eigenvalue weighted by Gasteiger charge is 2.06. The average Bonchev–Trinajstić information content (AvgIpc) is 2.86. The van der Waals surface area contributed by atoms with Crippen molar-refractivity contribution in [3.8, 4) is 0 Å². The van der Waals surface area contributed by atoms with Crippen LogP contribution in [0.3, 0.4) is 0 Å². The Bertz CT molecular complexity index is 557. The van der Waals surface area contributed by atoms with Crippen molar-refractivity contribution in [2.24, 2.45) is 0 Å². The number of carbonyl (C=O) groups excluding carboxylic acids is 1. The number of carbonyl (C=O) groups is 1. The summed E-state index contributed by atoms with van der Waals surface area (Å²) in [7, 11) is 0. The standard InChI is InChI=1S/C12H14N4OS2/c1-8-6-9(13)2-3-10(8)16-11(17)4-5-18-12-14-7-15-19-12/h2-3,6-7H,4-5,13H2,1H3,(H,16,17). The summed E-state index contributed by atoms with van der Waals surface area (Å²) < 4.78 is 4.79. The minimum absolute atomic E-state index is 0.00936. The van der Waals surface area contributed by atoms with Crippen LogP contribution in [0.15, 0.2) is 28.9 Å². The number of nitrogens with one attached hydrogen (secondary N) is 1. The molecule has 1 aromatic heterocycles. The van der Waals surface area contributed by atoms with Crippen LogP contribution in [0.25, 0.3) is 0 Å². The summed E-state index contributed by atoms with van der Waals surface area (Å²) in [6, 6.07) is 5.44. The Hall–Kier alpha value is -1.60. The van der Waals surface area contributed by atoms with Crippen LogP contribution in [0, 0.1) is 6.92 Å². The van der Waals surface area contributed by atoms with Crippen molar-refractivity contribution >= 4 is 40.6 Å². The van der Waals surface area contributed by atoms with Crippen molar-refractivity contribution in [3.05, 3.63) is 30.1 Å². The van der Waals surface area contributed by atoms with Crippen LogP contribution in [0.2, 0.25) is 0 Å². The first-order valence-corrected chi connectivity index (χ1v) is 7.46. The smallest absolute Gasteiger partial charge is 0.225 e. The molecule has 1 amide bonds. The molecule has 0 unspecified atom stereocenters. The van der Waals surface area contributed by atoms with Gasteiger partial charge in [0, 0.05) is 23.5 Å². The van der Waals surface area contributed by atoms with Gasteiger partial charge in [0.1, 0.15) is 6.33 Å². The minimum atomic E-state index is -0.00936. The number of aromatic nitrogens is 2. The van der Waals surface area contributed by atoms with Gasteiger partial charge in [0.15, 0.2) is 4.34 Å². The molecule has 0 saturated carbocycles. The third kappa shape index (κ3) is 4.22. The summed E-state index contributed by atoms with van der Waals surface area (Å²) in [5.74, 6) is 0.680. The van der Waals surface area contributed by atoms with Crippen molar-refractivity contribution in [1.29, 1.82) is 0 Å². The van der Waals surface area contributed by atoms with Crippen molar-refractivity contribution < 1.29 is 4.79 Å². The third-order valence-corrected chi connectivity index (χ3v) is 4.22. The van der Waals surface area contributed by atoms with Crippen LogP contribution in [0.4, 0.5) is 11.4 Å². The number of aryl methyl sites for hydroxylation is 1. The Labute approximate surface area is 119 Å². The van der Waals surface area contributed by atoms with E-state index in [1.807, 2.05) is 19.1 Å². The average molecular weight is 294 g/mol. The van der Waals surface area contributed by atoms with E-state index in [0.717, 1.165) is 15.6 Å². The first kappa shape index (κ1) is 13.8. The third-order valence-electron chi connectivity index (χ3n) is 2.42. The first-order valence-electron chi connectivity index (χ1n) is 5.70. The molecule has 0 bridgehead atoms. The van der Waals surface area contributed by atoms with Crippen molar-refractivity contribution in [3.63, 3.8) is 0 Å².